The second-order valence-electron chi connectivity index (χ2n) is 5.26. The van der Waals surface area contributed by atoms with Crippen LogP contribution in [0.3, 0.4) is 0 Å². The molecule has 1 aromatic rings. The number of alkyl carbamates (subject to hydrolysis) is 1. The Morgan fingerprint density at radius 1 is 1.63 bits per heavy atom. The van der Waals surface area contributed by atoms with Crippen LogP contribution in [0.25, 0.3) is 0 Å². The van der Waals surface area contributed by atoms with Crippen LogP contribution in [-0.2, 0) is 11.2 Å². The summed E-state index contributed by atoms with van der Waals surface area (Å²) < 4.78 is 5.11. The molecule has 3 N–H and O–H groups in total. The zero-order valence-electron chi connectivity index (χ0n) is 11.4. The SMILES string of the molecule is CC(C)(C)OC(=O)NCC(N)Cc1cc(C#N)cs1. The van der Waals surface area contributed by atoms with E-state index in [1.165, 1.54) is 11.3 Å². The van der Waals surface area contributed by atoms with E-state index < -0.39 is 11.7 Å². The molecule has 0 aliphatic carbocycles. The Balaban J connectivity index is 2.34. The van der Waals surface area contributed by atoms with Gasteiger partial charge in [-0.3, -0.25) is 0 Å². The first-order chi connectivity index (χ1) is 8.80. The van der Waals surface area contributed by atoms with Gasteiger partial charge in [0.2, 0.25) is 0 Å². The Bertz CT molecular complexity index is 471. The van der Waals surface area contributed by atoms with Crippen molar-refractivity contribution in [3.05, 3.63) is 21.9 Å². The van der Waals surface area contributed by atoms with Crippen LogP contribution in [0.4, 0.5) is 4.79 Å². The summed E-state index contributed by atoms with van der Waals surface area (Å²) in [6, 6.07) is 3.70. The molecule has 1 aromatic heterocycles. The number of thiophene rings is 1. The third-order valence-corrected chi connectivity index (χ3v) is 3.11. The van der Waals surface area contributed by atoms with Crippen molar-refractivity contribution in [1.29, 1.82) is 5.26 Å². The molecule has 104 valence electrons. The highest BCUT2D eigenvalue weighted by atomic mass is 32.1. The van der Waals surface area contributed by atoms with Gasteiger partial charge < -0.3 is 15.8 Å². The molecule has 5 nitrogen and oxygen atoms in total. The van der Waals surface area contributed by atoms with Crippen LogP contribution >= 0.6 is 11.3 Å². The van der Waals surface area contributed by atoms with Crippen molar-refractivity contribution in [2.75, 3.05) is 6.54 Å². The lowest BCUT2D eigenvalue weighted by Gasteiger charge is -2.20. The minimum atomic E-state index is -0.510. The summed E-state index contributed by atoms with van der Waals surface area (Å²) in [5, 5.41) is 13.1. The first-order valence-electron chi connectivity index (χ1n) is 6.00. The highest BCUT2D eigenvalue weighted by Gasteiger charge is 2.16. The lowest BCUT2D eigenvalue weighted by atomic mass is 10.2. The van der Waals surface area contributed by atoms with Gasteiger partial charge in [0.05, 0.1) is 5.56 Å². The third kappa shape index (κ3) is 6.22. The van der Waals surface area contributed by atoms with Crippen LogP contribution in [-0.4, -0.2) is 24.3 Å². The molecule has 0 bridgehead atoms. The van der Waals surface area contributed by atoms with Crippen molar-refractivity contribution in [2.45, 2.75) is 38.8 Å². The van der Waals surface area contributed by atoms with Crippen LogP contribution in [0.1, 0.15) is 31.2 Å². The molecular weight excluding hydrogens is 262 g/mol. The van der Waals surface area contributed by atoms with Crippen LogP contribution in [0.15, 0.2) is 11.4 Å². The van der Waals surface area contributed by atoms with Gasteiger partial charge in [0.1, 0.15) is 11.7 Å². The van der Waals surface area contributed by atoms with E-state index in [4.69, 9.17) is 15.7 Å². The maximum Gasteiger partial charge on any atom is 0.407 e. The second kappa shape index (κ2) is 6.55. The van der Waals surface area contributed by atoms with Crippen LogP contribution in [0.5, 0.6) is 0 Å². The Morgan fingerprint density at radius 3 is 2.84 bits per heavy atom. The Morgan fingerprint density at radius 2 is 2.32 bits per heavy atom. The van der Waals surface area contributed by atoms with Crippen molar-refractivity contribution < 1.29 is 9.53 Å². The average Bonchev–Trinajstić information content (AvgIpc) is 2.72. The number of amides is 1. The number of ether oxygens (including phenoxy) is 1. The number of nitrogens with one attached hydrogen (secondary N) is 1. The molecule has 0 aromatic carbocycles. The van der Waals surface area contributed by atoms with E-state index in [-0.39, 0.29) is 6.04 Å². The molecule has 1 amide bonds. The van der Waals surface area contributed by atoms with Crippen LogP contribution < -0.4 is 11.1 Å². The van der Waals surface area contributed by atoms with E-state index in [2.05, 4.69) is 11.4 Å². The predicted molar refractivity (Wildman–Crippen MR) is 75.0 cm³/mol. The Labute approximate surface area is 117 Å². The fraction of sp³-hybridized carbons (Fsp3) is 0.538. The summed E-state index contributed by atoms with van der Waals surface area (Å²) in [7, 11) is 0. The molecule has 0 spiro atoms. The zero-order valence-corrected chi connectivity index (χ0v) is 12.2. The smallest absolute Gasteiger partial charge is 0.407 e. The first kappa shape index (κ1) is 15.5. The molecule has 0 fully saturated rings. The lowest BCUT2D eigenvalue weighted by Crippen LogP contribution is -2.40. The summed E-state index contributed by atoms with van der Waals surface area (Å²) in [5.74, 6) is 0. The highest BCUT2D eigenvalue weighted by Crippen LogP contribution is 2.15. The van der Waals surface area contributed by atoms with Crippen molar-refractivity contribution in [1.82, 2.24) is 5.32 Å². The molecule has 1 atom stereocenters. The fourth-order valence-corrected chi connectivity index (χ4v) is 2.31. The molecule has 0 saturated carbocycles. The number of hydrogen-bond acceptors (Lipinski definition) is 5. The quantitative estimate of drug-likeness (QED) is 0.883. The number of nitrogens with two attached hydrogens (primary N) is 1. The summed E-state index contributed by atoms with van der Waals surface area (Å²) in [5.41, 5.74) is 6.06. The molecule has 6 heteroatoms. The maximum atomic E-state index is 11.4. The van der Waals surface area contributed by atoms with Gasteiger partial charge in [-0.05, 0) is 33.3 Å². The number of nitrogens with zero attached hydrogens (tertiary/aromatic N) is 1. The fourth-order valence-electron chi connectivity index (χ4n) is 1.41. The van der Waals surface area contributed by atoms with E-state index in [9.17, 15) is 4.79 Å². The molecule has 0 aliphatic heterocycles. The molecule has 19 heavy (non-hydrogen) atoms. The van der Waals surface area contributed by atoms with Crippen molar-refractivity contribution in [2.24, 2.45) is 5.73 Å². The first-order valence-corrected chi connectivity index (χ1v) is 6.88. The van der Waals surface area contributed by atoms with Gasteiger partial charge in [-0.25, -0.2) is 4.79 Å². The summed E-state index contributed by atoms with van der Waals surface area (Å²) >= 11 is 1.50. The van der Waals surface area contributed by atoms with Crippen molar-refractivity contribution in [3.63, 3.8) is 0 Å². The standard InChI is InChI=1S/C13H19N3O2S/c1-13(2,3)18-12(17)16-7-10(15)5-11-4-9(6-14)8-19-11/h4,8,10H,5,7,15H2,1-3H3,(H,16,17). The molecular formula is C13H19N3O2S. The Kier molecular flexibility index (Phi) is 5.33. The van der Waals surface area contributed by atoms with E-state index in [0.29, 0.717) is 18.5 Å². The second-order valence-corrected chi connectivity index (χ2v) is 6.26. The monoisotopic (exact) mass is 281 g/mol. The minimum Gasteiger partial charge on any atom is -0.444 e. The molecule has 0 radical (unpaired) electrons. The van der Waals surface area contributed by atoms with Crippen molar-refractivity contribution >= 4 is 17.4 Å². The number of carbonyl (C=O) groups is 1. The highest BCUT2D eigenvalue weighted by molar-refractivity contribution is 7.10. The maximum absolute atomic E-state index is 11.4. The van der Waals surface area contributed by atoms with Gasteiger partial charge in [-0.2, -0.15) is 5.26 Å². The van der Waals surface area contributed by atoms with E-state index >= 15 is 0 Å². The molecule has 1 rings (SSSR count). The average molecular weight is 281 g/mol. The normalized spacial score (nSPS) is 12.6. The predicted octanol–water partition coefficient (Wildman–Crippen LogP) is 2.01. The molecule has 0 aliphatic rings. The molecule has 1 unspecified atom stereocenters. The van der Waals surface area contributed by atoms with E-state index in [1.54, 1.807) is 5.38 Å². The largest absolute Gasteiger partial charge is 0.444 e. The third-order valence-electron chi connectivity index (χ3n) is 2.15. The molecule has 1 heterocycles. The van der Waals surface area contributed by atoms with Gasteiger partial charge in [-0.15, -0.1) is 11.3 Å². The van der Waals surface area contributed by atoms with Crippen LogP contribution in [0, 0.1) is 11.3 Å². The number of carbonyl (C=O) groups excluding carboxylic acids is 1. The van der Waals surface area contributed by atoms with Gasteiger partial charge in [-0.1, -0.05) is 0 Å². The summed E-state index contributed by atoms with van der Waals surface area (Å²) in [6.45, 7) is 5.76. The topological polar surface area (TPSA) is 88.1 Å². The van der Waals surface area contributed by atoms with Crippen LogP contribution in [0.2, 0.25) is 0 Å². The van der Waals surface area contributed by atoms with Gasteiger partial charge in [0, 0.05) is 22.8 Å². The summed E-state index contributed by atoms with van der Waals surface area (Å²) in [4.78, 5) is 12.5. The van der Waals surface area contributed by atoms with E-state index in [1.807, 2.05) is 26.8 Å². The number of hydrogen-bond donors (Lipinski definition) is 2. The summed E-state index contributed by atoms with van der Waals surface area (Å²) in [6.07, 6.45) is 0.161. The lowest BCUT2D eigenvalue weighted by molar-refractivity contribution is 0.0524. The van der Waals surface area contributed by atoms with E-state index in [0.717, 1.165) is 4.88 Å². The Hall–Kier alpha value is -1.58. The minimum absolute atomic E-state index is 0.197. The van der Waals surface area contributed by atoms with Gasteiger partial charge in [0.25, 0.3) is 0 Å². The van der Waals surface area contributed by atoms with Gasteiger partial charge >= 0.3 is 6.09 Å². The molecule has 0 saturated heterocycles. The number of rotatable bonds is 4. The van der Waals surface area contributed by atoms with Gasteiger partial charge in [0.15, 0.2) is 0 Å². The van der Waals surface area contributed by atoms with Crippen molar-refractivity contribution in [3.8, 4) is 6.07 Å². The number of nitriles is 1. The zero-order chi connectivity index (χ0) is 14.5.